The Morgan fingerprint density at radius 2 is 1.90 bits per heavy atom. The maximum Gasteiger partial charge on any atom is 0.189 e. The Labute approximate surface area is 126 Å². The van der Waals surface area contributed by atoms with E-state index in [1.54, 1.807) is 14.2 Å². The Morgan fingerprint density at radius 3 is 2.52 bits per heavy atom. The van der Waals surface area contributed by atoms with E-state index in [2.05, 4.69) is 10.3 Å². The molecule has 0 aliphatic heterocycles. The predicted octanol–water partition coefficient (Wildman–Crippen LogP) is 1.15. The molecular weight excluding hydrogens is 270 g/mol. The second kappa shape index (κ2) is 10.0. The quantitative estimate of drug-likeness (QED) is 0.406. The number of hydrogen-bond donors (Lipinski definition) is 2. The molecule has 0 saturated carbocycles. The fourth-order valence-corrected chi connectivity index (χ4v) is 1.70. The molecule has 21 heavy (non-hydrogen) atoms. The third kappa shape index (κ3) is 7.53. The van der Waals surface area contributed by atoms with Crippen molar-refractivity contribution in [1.82, 2.24) is 5.32 Å². The summed E-state index contributed by atoms with van der Waals surface area (Å²) in [4.78, 5) is 4.29. The Kier molecular flexibility index (Phi) is 8.23. The molecule has 0 spiro atoms. The number of nitrogens with zero attached hydrogens (tertiary/aromatic N) is 1. The normalized spacial score (nSPS) is 13.0. The summed E-state index contributed by atoms with van der Waals surface area (Å²) in [6.45, 7) is 4.22. The first-order valence-corrected chi connectivity index (χ1v) is 6.91. The molecule has 0 aliphatic carbocycles. The molecule has 6 heteroatoms. The molecule has 1 aromatic carbocycles. The van der Waals surface area contributed by atoms with Crippen LogP contribution in [0.15, 0.2) is 29.3 Å². The van der Waals surface area contributed by atoms with Gasteiger partial charge < -0.3 is 25.3 Å². The molecule has 0 heterocycles. The molecule has 0 amide bonds. The van der Waals surface area contributed by atoms with E-state index >= 15 is 0 Å². The van der Waals surface area contributed by atoms with Crippen molar-refractivity contribution in [1.29, 1.82) is 0 Å². The Morgan fingerprint density at radius 1 is 1.19 bits per heavy atom. The SMILES string of the molecule is COCCOc1ccc(CN=C(N)NC(C)COC)cc1. The zero-order valence-electron chi connectivity index (χ0n) is 13.0. The molecule has 0 radical (unpaired) electrons. The number of rotatable bonds is 9. The van der Waals surface area contributed by atoms with Gasteiger partial charge in [-0.3, -0.25) is 0 Å². The number of ether oxygens (including phenoxy) is 3. The van der Waals surface area contributed by atoms with Crippen LogP contribution in [0.4, 0.5) is 0 Å². The van der Waals surface area contributed by atoms with Crippen molar-refractivity contribution in [3.63, 3.8) is 0 Å². The minimum atomic E-state index is 0.135. The van der Waals surface area contributed by atoms with Crippen LogP contribution in [0, 0.1) is 0 Å². The highest BCUT2D eigenvalue weighted by Gasteiger charge is 2.01. The summed E-state index contributed by atoms with van der Waals surface area (Å²) in [5, 5.41) is 3.06. The van der Waals surface area contributed by atoms with Crippen molar-refractivity contribution in [2.75, 3.05) is 34.0 Å². The van der Waals surface area contributed by atoms with Gasteiger partial charge in [-0.1, -0.05) is 12.1 Å². The van der Waals surface area contributed by atoms with Crippen molar-refractivity contribution in [2.45, 2.75) is 19.5 Å². The highest BCUT2D eigenvalue weighted by molar-refractivity contribution is 5.78. The molecule has 0 aromatic heterocycles. The van der Waals surface area contributed by atoms with Crippen molar-refractivity contribution >= 4 is 5.96 Å². The Hall–Kier alpha value is -1.79. The summed E-state index contributed by atoms with van der Waals surface area (Å²) in [5.41, 5.74) is 6.88. The summed E-state index contributed by atoms with van der Waals surface area (Å²) in [6.07, 6.45) is 0. The number of guanidine groups is 1. The number of hydrogen-bond acceptors (Lipinski definition) is 4. The van der Waals surface area contributed by atoms with Crippen LogP contribution in [0.5, 0.6) is 5.75 Å². The molecule has 0 fully saturated rings. The van der Waals surface area contributed by atoms with Gasteiger partial charge in [0.05, 0.1) is 19.8 Å². The van der Waals surface area contributed by atoms with Crippen LogP contribution in [0.2, 0.25) is 0 Å². The monoisotopic (exact) mass is 295 g/mol. The maximum atomic E-state index is 5.81. The number of nitrogens with two attached hydrogens (primary N) is 1. The molecule has 0 saturated heterocycles. The lowest BCUT2D eigenvalue weighted by Gasteiger charge is -2.13. The molecule has 0 bridgehead atoms. The highest BCUT2D eigenvalue weighted by atomic mass is 16.5. The van der Waals surface area contributed by atoms with Crippen LogP contribution >= 0.6 is 0 Å². The van der Waals surface area contributed by atoms with E-state index in [1.165, 1.54) is 0 Å². The lowest BCUT2D eigenvalue weighted by Crippen LogP contribution is -2.40. The third-order valence-electron chi connectivity index (χ3n) is 2.72. The first kappa shape index (κ1) is 17.3. The minimum Gasteiger partial charge on any atom is -0.491 e. The number of nitrogens with one attached hydrogen (secondary N) is 1. The largest absolute Gasteiger partial charge is 0.491 e. The first-order chi connectivity index (χ1) is 10.2. The molecule has 0 aliphatic rings. The summed E-state index contributed by atoms with van der Waals surface area (Å²) >= 11 is 0. The van der Waals surface area contributed by atoms with Crippen LogP contribution in [-0.4, -0.2) is 46.0 Å². The molecule has 1 atom stereocenters. The van der Waals surface area contributed by atoms with Gasteiger partial charge in [0.2, 0.25) is 0 Å². The van der Waals surface area contributed by atoms with Gasteiger partial charge in [0.15, 0.2) is 5.96 Å². The van der Waals surface area contributed by atoms with Crippen LogP contribution in [0.25, 0.3) is 0 Å². The van der Waals surface area contributed by atoms with Gasteiger partial charge in [0.25, 0.3) is 0 Å². The lowest BCUT2D eigenvalue weighted by molar-refractivity contribution is 0.146. The number of aliphatic imine (C=N–C) groups is 1. The van der Waals surface area contributed by atoms with Crippen molar-refractivity contribution in [3.05, 3.63) is 29.8 Å². The van der Waals surface area contributed by atoms with Crippen molar-refractivity contribution in [3.8, 4) is 5.75 Å². The molecule has 1 aromatic rings. The van der Waals surface area contributed by atoms with Crippen LogP contribution < -0.4 is 15.8 Å². The summed E-state index contributed by atoms with van der Waals surface area (Å²) in [5.74, 6) is 1.24. The van der Waals surface area contributed by atoms with Crippen LogP contribution in [0.1, 0.15) is 12.5 Å². The smallest absolute Gasteiger partial charge is 0.189 e. The second-order valence-corrected chi connectivity index (χ2v) is 4.69. The zero-order valence-corrected chi connectivity index (χ0v) is 13.0. The lowest BCUT2D eigenvalue weighted by atomic mass is 10.2. The summed E-state index contributed by atoms with van der Waals surface area (Å²) in [6, 6.07) is 7.90. The summed E-state index contributed by atoms with van der Waals surface area (Å²) in [7, 11) is 3.30. The average Bonchev–Trinajstić information content (AvgIpc) is 2.47. The number of benzene rings is 1. The van der Waals surface area contributed by atoms with E-state index in [9.17, 15) is 0 Å². The first-order valence-electron chi connectivity index (χ1n) is 6.91. The molecule has 6 nitrogen and oxygen atoms in total. The predicted molar refractivity (Wildman–Crippen MR) is 83.6 cm³/mol. The van der Waals surface area contributed by atoms with E-state index in [1.807, 2.05) is 31.2 Å². The zero-order chi connectivity index (χ0) is 15.5. The van der Waals surface area contributed by atoms with Gasteiger partial charge in [-0.05, 0) is 24.6 Å². The van der Waals surface area contributed by atoms with Crippen molar-refractivity contribution < 1.29 is 14.2 Å². The fraction of sp³-hybridized carbons (Fsp3) is 0.533. The topological polar surface area (TPSA) is 78.1 Å². The van der Waals surface area contributed by atoms with E-state index in [0.717, 1.165) is 11.3 Å². The fourth-order valence-electron chi connectivity index (χ4n) is 1.70. The maximum absolute atomic E-state index is 5.81. The van der Waals surface area contributed by atoms with Gasteiger partial charge >= 0.3 is 0 Å². The van der Waals surface area contributed by atoms with Crippen LogP contribution in [-0.2, 0) is 16.0 Å². The standard InChI is InChI=1S/C15H25N3O3/c1-12(11-20-3)18-15(16)17-10-13-4-6-14(7-5-13)21-9-8-19-2/h4-7,12H,8-11H2,1-3H3,(H3,16,17,18). The van der Waals surface area contributed by atoms with Gasteiger partial charge in [-0.15, -0.1) is 0 Å². The highest BCUT2D eigenvalue weighted by Crippen LogP contribution is 2.12. The average molecular weight is 295 g/mol. The van der Waals surface area contributed by atoms with E-state index in [4.69, 9.17) is 19.9 Å². The third-order valence-corrected chi connectivity index (χ3v) is 2.72. The van der Waals surface area contributed by atoms with E-state index in [0.29, 0.717) is 32.3 Å². The van der Waals surface area contributed by atoms with Gasteiger partial charge in [0.1, 0.15) is 12.4 Å². The van der Waals surface area contributed by atoms with Gasteiger partial charge in [-0.2, -0.15) is 0 Å². The Balaban J connectivity index is 2.40. The summed E-state index contributed by atoms with van der Waals surface area (Å²) < 4.78 is 15.4. The molecule has 1 unspecified atom stereocenters. The second-order valence-electron chi connectivity index (χ2n) is 4.69. The molecule has 3 N–H and O–H groups in total. The van der Waals surface area contributed by atoms with Crippen LogP contribution in [0.3, 0.4) is 0 Å². The van der Waals surface area contributed by atoms with E-state index < -0.39 is 0 Å². The van der Waals surface area contributed by atoms with Crippen molar-refractivity contribution in [2.24, 2.45) is 10.7 Å². The Bertz CT molecular complexity index is 421. The minimum absolute atomic E-state index is 0.135. The van der Waals surface area contributed by atoms with E-state index in [-0.39, 0.29) is 6.04 Å². The number of methoxy groups -OCH3 is 2. The van der Waals surface area contributed by atoms with Gasteiger partial charge in [0, 0.05) is 20.3 Å². The molecule has 1 rings (SSSR count). The van der Waals surface area contributed by atoms with Gasteiger partial charge in [-0.25, -0.2) is 4.99 Å². The molecule has 118 valence electrons. The molecular formula is C15H25N3O3.